The first-order chi connectivity index (χ1) is 7.46. The molecule has 0 saturated carbocycles. The van der Waals surface area contributed by atoms with E-state index in [-0.39, 0.29) is 6.54 Å². The number of carboxylic acid groups (broad SMARTS) is 1. The molecule has 7 nitrogen and oxygen atoms in total. The minimum Gasteiger partial charge on any atom is -0.481 e. The maximum atomic E-state index is 11.3. The largest absolute Gasteiger partial charge is 0.481 e. The first-order valence-corrected chi connectivity index (χ1v) is 5.07. The van der Waals surface area contributed by atoms with Crippen LogP contribution in [0.5, 0.6) is 0 Å². The molecule has 0 amide bonds. The summed E-state index contributed by atoms with van der Waals surface area (Å²) in [6, 6.07) is 0. The Hall–Kier alpha value is -1.79. The van der Waals surface area contributed by atoms with Gasteiger partial charge in [0.2, 0.25) is 0 Å². The Morgan fingerprint density at radius 3 is 2.00 bits per heavy atom. The second-order valence-corrected chi connectivity index (χ2v) is 3.74. The van der Waals surface area contributed by atoms with Crippen LogP contribution in [-0.2, 0) is 11.3 Å². The number of aliphatic carboxylic acids is 1. The summed E-state index contributed by atoms with van der Waals surface area (Å²) >= 11 is 0. The third-order valence-electron chi connectivity index (χ3n) is 3.03. The molecule has 0 aromatic carbocycles. The SMILES string of the molecule is CCC(CC)(Cn1c(=O)[nH][nH]c1=O)C(=O)O. The fourth-order valence-electron chi connectivity index (χ4n) is 1.62. The lowest BCUT2D eigenvalue weighted by molar-refractivity contribution is -0.150. The zero-order chi connectivity index (χ0) is 12.3. The summed E-state index contributed by atoms with van der Waals surface area (Å²) in [7, 11) is 0. The van der Waals surface area contributed by atoms with Crippen molar-refractivity contribution in [3.8, 4) is 0 Å². The minimum absolute atomic E-state index is 0.118. The van der Waals surface area contributed by atoms with Gasteiger partial charge in [-0.3, -0.25) is 4.79 Å². The smallest absolute Gasteiger partial charge is 0.344 e. The molecule has 16 heavy (non-hydrogen) atoms. The molecule has 1 aromatic heterocycles. The van der Waals surface area contributed by atoms with Crippen LogP contribution in [-0.4, -0.2) is 25.8 Å². The second-order valence-electron chi connectivity index (χ2n) is 3.74. The van der Waals surface area contributed by atoms with Crippen molar-refractivity contribution in [3.05, 3.63) is 21.0 Å². The predicted octanol–water partition coefficient (Wildman–Crippen LogP) is -0.244. The molecule has 0 bridgehead atoms. The van der Waals surface area contributed by atoms with Crippen molar-refractivity contribution in [1.82, 2.24) is 14.8 Å². The minimum atomic E-state index is -1.07. The number of carboxylic acids is 1. The van der Waals surface area contributed by atoms with Gasteiger partial charge in [-0.1, -0.05) is 13.8 Å². The van der Waals surface area contributed by atoms with Crippen LogP contribution in [0, 0.1) is 5.41 Å². The van der Waals surface area contributed by atoms with E-state index >= 15 is 0 Å². The van der Waals surface area contributed by atoms with E-state index in [1.807, 2.05) is 0 Å². The molecule has 0 fully saturated rings. The first kappa shape index (κ1) is 12.3. The molecule has 0 spiro atoms. The molecule has 1 rings (SSSR count). The number of carbonyl (C=O) groups is 1. The van der Waals surface area contributed by atoms with Gasteiger partial charge in [0.1, 0.15) is 0 Å². The molecular weight excluding hydrogens is 214 g/mol. The quantitative estimate of drug-likeness (QED) is 0.647. The van der Waals surface area contributed by atoms with Gasteiger partial charge in [0.05, 0.1) is 5.41 Å². The number of nitrogens with one attached hydrogen (secondary N) is 2. The Morgan fingerprint density at radius 2 is 1.69 bits per heavy atom. The summed E-state index contributed by atoms with van der Waals surface area (Å²) in [4.78, 5) is 33.7. The molecule has 0 aliphatic heterocycles. The van der Waals surface area contributed by atoms with E-state index in [1.165, 1.54) is 0 Å². The van der Waals surface area contributed by atoms with E-state index in [2.05, 4.69) is 10.2 Å². The summed E-state index contributed by atoms with van der Waals surface area (Å²) in [6.45, 7) is 3.33. The zero-order valence-electron chi connectivity index (χ0n) is 9.24. The van der Waals surface area contributed by atoms with Crippen LogP contribution in [0.25, 0.3) is 0 Å². The highest BCUT2D eigenvalue weighted by Gasteiger charge is 2.36. The van der Waals surface area contributed by atoms with Crippen molar-refractivity contribution in [1.29, 1.82) is 0 Å². The Morgan fingerprint density at radius 1 is 1.25 bits per heavy atom. The Kier molecular flexibility index (Phi) is 3.36. The number of nitrogens with zero attached hydrogens (tertiary/aromatic N) is 1. The van der Waals surface area contributed by atoms with Crippen molar-refractivity contribution in [2.24, 2.45) is 5.41 Å². The van der Waals surface area contributed by atoms with E-state index < -0.39 is 22.8 Å². The molecule has 0 aliphatic rings. The van der Waals surface area contributed by atoms with Crippen LogP contribution in [0.15, 0.2) is 9.59 Å². The summed E-state index contributed by atoms with van der Waals surface area (Å²) < 4.78 is 0.876. The second kappa shape index (κ2) is 4.38. The normalized spacial score (nSPS) is 11.6. The van der Waals surface area contributed by atoms with Crippen molar-refractivity contribution >= 4 is 5.97 Å². The zero-order valence-corrected chi connectivity index (χ0v) is 9.24. The van der Waals surface area contributed by atoms with Crippen molar-refractivity contribution in [2.45, 2.75) is 33.2 Å². The number of H-pyrrole nitrogens is 2. The molecule has 0 saturated heterocycles. The highest BCUT2D eigenvalue weighted by atomic mass is 16.4. The maximum Gasteiger partial charge on any atom is 0.344 e. The fraction of sp³-hybridized carbons (Fsp3) is 0.667. The molecule has 0 radical (unpaired) electrons. The predicted molar refractivity (Wildman–Crippen MR) is 56.3 cm³/mol. The van der Waals surface area contributed by atoms with Crippen LogP contribution in [0.4, 0.5) is 0 Å². The van der Waals surface area contributed by atoms with E-state index in [4.69, 9.17) is 5.11 Å². The highest BCUT2D eigenvalue weighted by Crippen LogP contribution is 2.27. The average Bonchev–Trinajstić information content (AvgIpc) is 2.56. The fourth-order valence-corrected chi connectivity index (χ4v) is 1.62. The van der Waals surface area contributed by atoms with Gasteiger partial charge in [-0.05, 0) is 12.8 Å². The highest BCUT2D eigenvalue weighted by molar-refractivity contribution is 5.74. The van der Waals surface area contributed by atoms with Gasteiger partial charge in [-0.15, -0.1) is 0 Å². The van der Waals surface area contributed by atoms with E-state index in [9.17, 15) is 14.4 Å². The molecule has 7 heteroatoms. The van der Waals surface area contributed by atoms with Gasteiger partial charge in [0, 0.05) is 6.54 Å². The Bertz CT molecular complexity index is 450. The van der Waals surface area contributed by atoms with Crippen LogP contribution in [0.2, 0.25) is 0 Å². The van der Waals surface area contributed by atoms with E-state index in [1.54, 1.807) is 13.8 Å². The lowest BCUT2D eigenvalue weighted by atomic mass is 9.82. The molecule has 90 valence electrons. The van der Waals surface area contributed by atoms with Gasteiger partial charge in [0.15, 0.2) is 0 Å². The van der Waals surface area contributed by atoms with Gasteiger partial charge >= 0.3 is 17.3 Å². The van der Waals surface area contributed by atoms with Crippen LogP contribution >= 0.6 is 0 Å². The topological polar surface area (TPSA) is 108 Å². The summed E-state index contributed by atoms with van der Waals surface area (Å²) in [5.41, 5.74) is -2.30. The average molecular weight is 229 g/mol. The Balaban J connectivity index is 3.15. The van der Waals surface area contributed by atoms with Crippen molar-refractivity contribution < 1.29 is 9.90 Å². The maximum absolute atomic E-state index is 11.3. The summed E-state index contributed by atoms with van der Waals surface area (Å²) in [5, 5.41) is 13.4. The van der Waals surface area contributed by atoms with Gasteiger partial charge < -0.3 is 5.11 Å². The number of rotatable bonds is 5. The number of aromatic nitrogens is 3. The standard InChI is InChI=1S/C9H15N3O4/c1-3-9(4-2,6(13)14)5-12-7(15)10-11-8(12)16/h3-5H2,1-2H3,(H,10,15)(H,11,16)(H,13,14). The molecule has 1 aromatic rings. The third-order valence-corrected chi connectivity index (χ3v) is 3.03. The van der Waals surface area contributed by atoms with E-state index in [0.717, 1.165) is 4.57 Å². The number of hydrogen-bond donors (Lipinski definition) is 3. The lowest BCUT2D eigenvalue weighted by Gasteiger charge is -2.25. The molecule has 1 heterocycles. The van der Waals surface area contributed by atoms with Gasteiger partial charge in [-0.25, -0.2) is 24.4 Å². The van der Waals surface area contributed by atoms with Crippen molar-refractivity contribution in [3.63, 3.8) is 0 Å². The molecule has 0 atom stereocenters. The number of aromatic amines is 2. The van der Waals surface area contributed by atoms with Crippen LogP contribution in [0.1, 0.15) is 26.7 Å². The van der Waals surface area contributed by atoms with Gasteiger partial charge in [0.25, 0.3) is 0 Å². The lowest BCUT2D eigenvalue weighted by Crippen LogP contribution is -2.40. The third kappa shape index (κ3) is 1.93. The molecule has 0 unspecified atom stereocenters. The summed E-state index contributed by atoms with van der Waals surface area (Å²) in [6.07, 6.45) is 0.714. The van der Waals surface area contributed by atoms with E-state index in [0.29, 0.717) is 12.8 Å². The Labute approximate surface area is 91.1 Å². The van der Waals surface area contributed by atoms with Crippen molar-refractivity contribution in [2.75, 3.05) is 0 Å². The van der Waals surface area contributed by atoms with Crippen LogP contribution in [0.3, 0.4) is 0 Å². The molecule has 0 aliphatic carbocycles. The molecule has 3 N–H and O–H groups in total. The number of hydrogen-bond acceptors (Lipinski definition) is 3. The van der Waals surface area contributed by atoms with Gasteiger partial charge in [-0.2, -0.15) is 0 Å². The molecular formula is C9H15N3O4. The summed E-state index contributed by atoms with van der Waals surface area (Å²) in [5.74, 6) is -0.995. The first-order valence-electron chi connectivity index (χ1n) is 5.07. The monoisotopic (exact) mass is 229 g/mol. The van der Waals surface area contributed by atoms with Crippen LogP contribution < -0.4 is 11.4 Å².